The molecule has 10 nitrogen and oxygen atoms in total. The average molecular weight is 508 g/mol. The first-order valence-electron chi connectivity index (χ1n) is 11.5. The van der Waals surface area contributed by atoms with E-state index in [0.29, 0.717) is 40.7 Å². The maximum atomic E-state index is 13.2. The maximum absolute atomic E-state index is 13.2. The van der Waals surface area contributed by atoms with Crippen molar-refractivity contribution in [1.29, 1.82) is 0 Å². The molecule has 3 amide bonds. The van der Waals surface area contributed by atoms with Crippen molar-refractivity contribution in [2.45, 2.75) is 38.3 Å². The molecule has 36 heavy (non-hydrogen) atoms. The molecule has 0 aliphatic carbocycles. The Hall–Kier alpha value is -3.88. The van der Waals surface area contributed by atoms with E-state index in [-0.39, 0.29) is 24.1 Å². The molecule has 186 valence electrons. The number of anilines is 2. The second kappa shape index (κ2) is 8.96. The standard InChI is InChI=1S/C25H25N5O5S/c1-25(2,34)9-8-15-6-7-19-18(11-15)28(3)23(33)17(13-35-19)26-22(32)16-12-30-20(14-36-24(30)27-16)29-10-4-5-21(29)31/h6-7,11-12,14,17,34H,4-5,10,13H2,1-3H3,(H,26,32)/t17-/m0/s1. The summed E-state index contributed by atoms with van der Waals surface area (Å²) in [6, 6.07) is 4.23. The molecule has 0 spiro atoms. The molecule has 2 N–H and O–H groups in total. The first-order chi connectivity index (χ1) is 17.1. The van der Waals surface area contributed by atoms with E-state index in [2.05, 4.69) is 22.1 Å². The van der Waals surface area contributed by atoms with Crippen molar-refractivity contribution in [1.82, 2.24) is 14.7 Å². The van der Waals surface area contributed by atoms with Crippen LogP contribution in [0.3, 0.4) is 0 Å². The SMILES string of the molecule is CN1C(=O)[C@@H](NC(=O)c2cn3c(N4CCCC4=O)csc3n2)COc2ccc(C#CC(C)(C)O)cc21. The highest BCUT2D eigenvalue weighted by Crippen LogP contribution is 2.32. The Labute approximate surface area is 211 Å². The van der Waals surface area contributed by atoms with Gasteiger partial charge in [-0.25, -0.2) is 4.98 Å². The van der Waals surface area contributed by atoms with Gasteiger partial charge in [0.25, 0.3) is 11.8 Å². The zero-order chi connectivity index (χ0) is 25.6. The number of aromatic nitrogens is 2. The van der Waals surface area contributed by atoms with Crippen LogP contribution in [-0.2, 0) is 9.59 Å². The van der Waals surface area contributed by atoms with E-state index in [9.17, 15) is 19.5 Å². The third-order valence-corrected chi connectivity index (χ3v) is 6.77. The quantitative estimate of drug-likeness (QED) is 0.523. The van der Waals surface area contributed by atoms with Crippen LogP contribution in [0.4, 0.5) is 11.5 Å². The molecule has 0 bridgehead atoms. The van der Waals surface area contributed by atoms with E-state index in [1.165, 1.54) is 16.2 Å². The van der Waals surface area contributed by atoms with Crippen molar-refractivity contribution in [3.63, 3.8) is 0 Å². The van der Waals surface area contributed by atoms with Crippen molar-refractivity contribution in [3.05, 3.63) is 41.0 Å². The van der Waals surface area contributed by atoms with Crippen LogP contribution < -0.4 is 19.9 Å². The molecule has 11 heteroatoms. The number of ether oxygens (including phenoxy) is 1. The highest BCUT2D eigenvalue weighted by molar-refractivity contribution is 7.15. The monoisotopic (exact) mass is 507 g/mol. The summed E-state index contributed by atoms with van der Waals surface area (Å²) in [6.07, 6.45) is 2.88. The van der Waals surface area contributed by atoms with Gasteiger partial charge >= 0.3 is 0 Å². The van der Waals surface area contributed by atoms with Crippen molar-refractivity contribution in [3.8, 4) is 17.6 Å². The van der Waals surface area contributed by atoms with Gasteiger partial charge in [-0.1, -0.05) is 11.8 Å². The Bertz CT molecular complexity index is 1440. The number of aliphatic hydroxyl groups is 1. The van der Waals surface area contributed by atoms with Crippen LogP contribution in [0.2, 0.25) is 0 Å². The Balaban J connectivity index is 1.34. The predicted molar refractivity (Wildman–Crippen MR) is 134 cm³/mol. The van der Waals surface area contributed by atoms with Gasteiger partial charge in [0.1, 0.15) is 35.5 Å². The number of rotatable bonds is 3. The maximum Gasteiger partial charge on any atom is 0.272 e. The Kier molecular flexibility index (Phi) is 5.94. The number of thiazole rings is 1. The number of nitrogens with zero attached hydrogens (tertiary/aromatic N) is 4. The molecule has 2 aromatic heterocycles. The zero-order valence-corrected chi connectivity index (χ0v) is 20.9. The molecule has 1 saturated heterocycles. The minimum absolute atomic E-state index is 0.0485. The molecule has 3 aromatic rings. The lowest BCUT2D eigenvalue weighted by molar-refractivity contribution is -0.120. The Morgan fingerprint density at radius 3 is 2.86 bits per heavy atom. The van der Waals surface area contributed by atoms with Crippen LogP contribution in [0.15, 0.2) is 29.8 Å². The summed E-state index contributed by atoms with van der Waals surface area (Å²) in [5.41, 5.74) is 0.136. The average Bonchev–Trinajstić information content (AvgIpc) is 3.53. The van der Waals surface area contributed by atoms with E-state index in [1.807, 2.05) is 5.38 Å². The molecule has 0 unspecified atom stereocenters. The fourth-order valence-electron chi connectivity index (χ4n) is 4.10. The van der Waals surface area contributed by atoms with Gasteiger partial charge in [-0.2, -0.15) is 0 Å². The number of amides is 3. The summed E-state index contributed by atoms with van der Waals surface area (Å²) in [5, 5.41) is 14.4. The minimum atomic E-state index is -1.15. The topological polar surface area (TPSA) is 116 Å². The molecular weight excluding hydrogens is 482 g/mol. The molecule has 1 aromatic carbocycles. The number of carbonyl (C=O) groups excluding carboxylic acids is 3. The number of hydrogen-bond donors (Lipinski definition) is 2. The van der Waals surface area contributed by atoms with Crippen LogP contribution in [-0.4, -0.2) is 64.1 Å². The summed E-state index contributed by atoms with van der Waals surface area (Å²) in [5.74, 6) is 6.01. The normalized spacial score (nSPS) is 17.9. The number of carbonyl (C=O) groups is 3. The molecule has 1 atom stereocenters. The van der Waals surface area contributed by atoms with Crippen LogP contribution in [0.1, 0.15) is 42.7 Å². The van der Waals surface area contributed by atoms with Crippen molar-refractivity contribution in [2.24, 2.45) is 0 Å². The van der Waals surface area contributed by atoms with Crippen molar-refractivity contribution < 1.29 is 24.2 Å². The summed E-state index contributed by atoms with van der Waals surface area (Å²) in [4.78, 5) is 46.4. The molecule has 2 aliphatic rings. The summed E-state index contributed by atoms with van der Waals surface area (Å²) >= 11 is 1.34. The minimum Gasteiger partial charge on any atom is -0.489 e. The van der Waals surface area contributed by atoms with E-state index in [4.69, 9.17) is 4.74 Å². The van der Waals surface area contributed by atoms with Gasteiger partial charge in [0.05, 0.1) is 5.69 Å². The molecule has 5 rings (SSSR count). The number of benzene rings is 1. The molecule has 1 fully saturated rings. The van der Waals surface area contributed by atoms with Gasteiger partial charge in [-0.05, 0) is 38.5 Å². The van der Waals surface area contributed by atoms with Crippen LogP contribution in [0, 0.1) is 11.8 Å². The Morgan fingerprint density at radius 1 is 1.33 bits per heavy atom. The smallest absolute Gasteiger partial charge is 0.272 e. The first-order valence-corrected chi connectivity index (χ1v) is 12.4. The molecule has 2 aliphatic heterocycles. The molecule has 4 heterocycles. The fraction of sp³-hybridized carbons (Fsp3) is 0.360. The fourth-order valence-corrected chi connectivity index (χ4v) is 4.97. The van der Waals surface area contributed by atoms with E-state index >= 15 is 0 Å². The highest BCUT2D eigenvalue weighted by atomic mass is 32.1. The van der Waals surface area contributed by atoms with E-state index < -0.39 is 17.6 Å². The van der Waals surface area contributed by atoms with Gasteiger partial charge in [0, 0.05) is 37.2 Å². The van der Waals surface area contributed by atoms with Gasteiger partial charge < -0.3 is 20.1 Å². The lowest BCUT2D eigenvalue weighted by atomic mass is 10.1. The van der Waals surface area contributed by atoms with Gasteiger partial charge in [-0.3, -0.25) is 23.7 Å². The van der Waals surface area contributed by atoms with Crippen molar-refractivity contribution in [2.75, 3.05) is 30.0 Å². The number of imidazole rings is 1. The van der Waals surface area contributed by atoms with Crippen LogP contribution in [0.5, 0.6) is 5.75 Å². The molecule has 0 saturated carbocycles. The summed E-state index contributed by atoms with van der Waals surface area (Å²) in [7, 11) is 1.61. The molecule has 0 radical (unpaired) electrons. The Morgan fingerprint density at radius 2 is 2.14 bits per heavy atom. The number of hydrogen-bond acceptors (Lipinski definition) is 7. The summed E-state index contributed by atoms with van der Waals surface area (Å²) < 4.78 is 7.57. The second-order valence-electron chi connectivity index (χ2n) is 9.25. The second-order valence-corrected chi connectivity index (χ2v) is 10.1. The van der Waals surface area contributed by atoms with Crippen LogP contribution in [0.25, 0.3) is 4.96 Å². The predicted octanol–water partition coefficient (Wildman–Crippen LogP) is 1.80. The summed E-state index contributed by atoms with van der Waals surface area (Å²) in [6.45, 7) is 3.76. The third-order valence-electron chi connectivity index (χ3n) is 5.95. The number of nitrogens with one attached hydrogen (secondary N) is 1. The van der Waals surface area contributed by atoms with Crippen LogP contribution >= 0.6 is 11.3 Å². The highest BCUT2D eigenvalue weighted by Gasteiger charge is 2.32. The van der Waals surface area contributed by atoms with Gasteiger partial charge in [0.15, 0.2) is 4.96 Å². The largest absolute Gasteiger partial charge is 0.489 e. The first kappa shape index (κ1) is 23.8. The van der Waals surface area contributed by atoms with Crippen molar-refractivity contribution >= 4 is 45.5 Å². The zero-order valence-electron chi connectivity index (χ0n) is 20.1. The molecular formula is C25H25N5O5S. The van der Waals surface area contributed by atoms with E-state index in [1.54, 1.807) is 54.6 Å². The third kappa shape index (κ3) is 4.53. The lowest BCUT2D eigenvalue weighted by Crippen LogP contribution is -2.49. The van der Waals surface area contributed by atoms with Gasteiger partial charge in [-0.15, -0.1) is 11.3 Å². The van der Waals surface area contributed by atoms with E-state index in [0.717, 1.165) is 6.42 Å². The lowest BCUT2D eigenvalue weighted by Gasteiger charge is -2.20. The van der Waals surface area contributed by atoms with Gasteiger partial charge in [0.2, 0.25) is 5.91 Å². The number of likely N-dealkylation sites (N-methyl/N-ethyl adjacent to an activating group) is 1. The number of fused-ring (bicyclic) bond motifs is 2.